The molecule has 0 aromatic carbocycles. The van der Waals surface area contributed by atoms with Gasteiger partial charge in [0.1, 0.15) is 6.33 Å². The lowest BCUT2D eigenvalue weighted by molar-refractivity contribution is -0.133. The molecule has 2 unspecified atom stereocenters. The zero-order chi connectivity index (χ0) is 14.7. The number of nitrogens with zero attached hydrogens (tertiary/aromatic N) is 3. The summed E-state index contributed by atoms with van der Waals surface area (Å²) < 4.78 is -0.240. The fourth-order valence-electron chi connectivity index (χ4n) is 2.75. The molecule has 0 radical (unpaired) electrons. The molecule has 112 valence electrons. The fraction of sp³-hybridized carbons (Fsp3) is 0.533. The van der Waals surface area contributed by atoms with Crippen molar-refractivity contribution >= 4 is 34.2 Å². The van der Waals surface area contributed by atoms with Crippen LogP contribution in [0.25, 0.3) is 4.91 Å². The van der Waals surface area contributed by atoms with Crippen molar-refractivity contribution < 1.29 is 4.79 Å². The number of halogens is 1. The summed E-state index contributed by atoms with van der Waals surface area (Å²) in [5, 5.41) is 0. The van der Waals surface area contributed by atoms with E-state index in [0.29, 0.717) is 0 Å². The smallest absolute Gasteiger partial charge is 0.231 e. The lowest BCUT2D eigenvalue weighted by Crippen LogP contribution is -2.37. The van der Waals surface area contributed by atoms with Crippen molar-refractivity contribution in [1.82, 2.24) is 14.9 Å². The zero-order valence-electron chi connectivity index (χ0n) is 11.7. The van der Waals surface area contributed by atoms with E-state index >= 15 is 0 Å². The molecule has 0 aliphatic carbocycles. The normalized spacial score (nSPS) is 26.3. The molecule has 1 fully saturated rings. The predicted octanol–water partition coefficient (Wildman–Crippen LogP) is 3.15. The van der Waals surface area contributed by atoms with E-state index in [2.05, 4.69) is 9.97 Å². The Morgan fingerprint density at radius 1 is 1.19 bits per heavy atom. The van der Waals surface area contributed by atoms with E-state index in [1.807, 2.05) is 11.0 Å². The van der Waals surface area contributed by atoms with Gasteiger partial charge in [-0.25, -0.2) is 9.97 Å². The van der Waals surface area contributed by atoms with Gasteiger partial charge in [0, 0.05) is 36.0 Å². The highest BCUT2D eigenvalue weighted by molar-refractivity contribution is 8.10. The summed E-state index contributed by atoms with van der Waals surface area (Å²) in [5.74, 6) is -0.0822. The Labute approximate surface area is 134 Å². The average Bonchev–Trinajstić information content (AvgIpc) is 2.74. The Balaban J connectivity index is 1.75. The van der Waals surface area contributed by atoms with Gasteiger partial charge in [-0.05, 0) is 12.8 Å². The van der Waals surface area contributed by atoms with Crippen LogP contribution in [0.3, 0.4) is 0 Å². The summed E-state index contributed by atoms with van der Waals surface area (Å²) in [5.41, 5.74) is 0.930. The molecule has 6 heteroatoms. The molecule has 4 nitrogen and oxygen atoms in total. The summed E-state index contributed by atoms with van der Waals surface area (Å²) in [6, 6.07) is 0. The molecular formula is C15H18ClN3OS. The summed E-state index contributed by atoms with van der Waals surface area (Å²) in [4.78, 5) is 23.7. The van der Waals surface area contributed by atoms with Crippen LogP contribution in [0.1, 0.15) is 31.2 Å². The van der Waals surface area contributed by atoms with E-state index in [9.17, 15) is 4.79 Å². The number of likely N-dealkylation sites (tertiary alicyclic amines) is 1. The molecule has 1 saturated heterocycles. The molecule has 2 aliphatic heterocycles. The van der Waals surface area contributed by atoms with Crippen LogP contribution in [0.2, 0.25) is 0 Å². The molecule has 3 rings (SSSR count). The first kappa shape index (κ1) is 14.9. The van der Waals surface area contributed by atoms with Crippen molar-refractivity contribution in [3.8, 4) is 0 Å². The lowest BCUT2D eigenvalue weighted by Gasteiger charge is -2.24. The van der Waals surface area contributed by atoms with Crippen molar-refractivity contribution in [3.63, 3.8) is 0 Å². The number of carbonyl (C=O) groups is 1. The number of carbonyl (C=O) groups excluding carboxylic acids is 1. The van der Waals surface area contributed by atoms with Crippen LogP contribution in [-0.2, 0) is 4.79 Å². The Hall–Kier alpha value is -1.07. The minimum atomic E-state index is -0.245. The highest BCUT2D eigenvalue weighted by atomic mass is 35.5. The van der Waals surface area contributed by atoms with E-state index in [-0.39, 0.29) is 16.5 Å². The number of rotatable bonds is 2. The molecule has 0 spiro atoms. The maximum Gasteiger partial charge on any atom is 0.231 e. The Kier molecular flexibility index (Phi) is 4.80. The topological polar surface area (TPSA) is 46.1 Å². The first-order valence-corrected chi connectivity index (χ1v) is 8.64. The SMILES string of the molecule is O=C(C1C=C(c2cncnc2)SC1Cl)N1CCCCCC1. The third kappa shape index (κ3) is 3.40. The number of aromatic nitrogens is 2. The quantitative estimate of drug-likeness (QED) is 0.784. The van der Waals surface area contributed by atoms with Gasteiger partial charge in [-0.2, -0.15) is 0 Å². The molecule has 1 aromatic heterocycles. The van der Waals surface area contributed by atoms with Gasteiger partial charge in [-0.3, -0.25) is 4.79 Å². The Morgan fingerprint density at radius 2 is 1.86 bits per heavy atom. The van der Waals surface area contributed by atoms with Gasteiger partial charge in [-0.1, -0.05) is 18.9 Å². The first-order chi connectivity index (χ1) is 10.3. The van der Waals surface area contributed by atoms with Crippen molar-refractivity contribution in [2.45, 2.75) is 30.4 Å². The Morgan fingerprint density at radius 3 is 2.52 bits per heavy atom. The zero-order valence-corrected chi connectivity index (χ0v) is 13.3. The second kappa shape index (κ2) is 6.79. The molecule has 1 amide bonds. The van der Waals surface area contributed by atoms with Gasteiger partial charge in [-0.15, -0.1) is 23.4 Å². The number of alkyl halides is 1. The molecular weight excluding hydrogens is 306 g/mol. The summed E-state index contributed by atoms with van der Waals surface area (Å²) in [6.07, 6.45) is 11.6. The minimum absolute atomic E-state index is 0.163. The van der Waals surface area contributed by atoms with Gasteiger partial charge < -0.3 is 4.90 Å². The van der Waals surface area contributed by atoms with Crippen LogP contribution in [-0.4, -0.2) is 38.6 Å². The summed E-state index contributed by atoms with van der Waals surface area (Å²) >= 11 is 7.92. The molecule has 2 atom stereocenters. The number of thioether (sulfide) groups is 1. The van der Waals surface area contributed by atoms with Crippen LogP contribution >= 0.6 is 23.4 Å². The fourth-order valence-corrected chi connectivity index (χ4v) is 4.27. The van der Waals surface area contributed by atoms with Gasteiger partial charge in [0.15, 0.2) is 0 Å². The van der Waals surface area contributed by atoms with Gasteiger partial charge in [0.25, 0.3) is 0 Å². The maximum atomic E-state index is 12.7. The number of amides is 1. The largest absolute Gasteiger partial charge is 0.342 e. The molecule has 0 bridgehead atoms. The molecule has 0 saturated carbocycles. The van der Waals surface area contributed by atoms with Gasteiger partial charge >= 0.3 is 0 Å². The summed E-state index contributed by atoms with van der Waals surface area (Å²) in [6.45, 7) is 1.72. The maximum absolute atomic E-state index is 12.7. The highest BCUT2D eigenvalue weighted by Gasteiger charge is 2.35. The second-order valence-corrected chi connectivity index (χ2v) is 7.30. The van der Waals surface area contributed by atoms with Crippen LogP contribution < -0.4 is 0 Å². The predicted molar refractivity (Wildman–Crippen MR) is 85.8 cm³/mol. The van der Waals surface area contributed by atoms with Crippen molar-refractivity contribution in [2.24, 2.45) is 5.92 Å². The minimum Gasteiger partial charge on any atom is -0.342 e. The highest BCUT2D eigenvalue weighted by Crippen LogP contribution is 2.44. The first-order valence-electron chi connectivity index (χ1n) is 7.32. The van der Waals surface area contributed by atoms with Crippen LogP contribution in [0.15, 0.2) is 24.8 Å². The van der Waals surface area contributed by atoms with Crippen molar-refractivity contribution in [2.75, 3.05) is 13.1 Å². The third-order valence-electron chi connectivity index (χ3n) is 3.90. The number of hydrogen-bond acceptors (Lipinski definition) is 4. The van der Waals surface area contributed by atoms with Crippen molar-refractivity contribution in [3.05, 3.63) is 30.4 Å². The van der Waals surface area contributed by atoms with E-state index in [1.165, 1.54) is 30.9 Å². The van der Waals surface area contributed by atoms with Gasteiger partial charge in [0.05, 0.1) is 10.6 Å². The van der Waals surface area contributed by atoms with Crippen LogP contribution in [0.4, 0.5) is 0 Å². The van der Waals surface area contributed by atoms with E-state index in [4.69, 9.17) is 11.6 Å². The molecule has 3 heterocycles. The molecule has 0 N–H and O–H groups in total. The molecule has 1 aromatic rings. The third-order valence-corrected chi connectivity index (χ3v) is 5.58. The molecule has 2 aliphatic rings. The van der Waals surface area contributed by atoms with Crippen LogP contribution in [0, 0.1) is 5.92 Å². The van der Waals surface area contributed by atoms with E-state index in [1.54, 1.807) is 12.4 Å². The Bertz CT molecular complexity index is 529. The van der Waals surface area contributed by atoms with Crippen molar-refractivity contribution in [1.29, 1.82) is 0 Å². The van der Waals surface area contributed by atoms with Gasteiger partial charge in [0.2, 0.25) is 5.91 Å². The standard InChI is InChI=1S/C15H18ClN3OS/c16-14-12(15(20)19-5-3-1-2-4-6-19)7-13(21-14)11-8-17-10-18-9-11/h7-10,12,14H,1-6H2. The van der Waals surface area contributed by atoms with E-state index in [0.717, 1.165) is 36.4 Å². The average molecular weight is 324 g/mol. The van der Waals surface area contributed by atoms with Crippen LogP contribution in [0.5, 0.6) is 0 Å². The lowest BCUT2D eigenvalue weighted by atomic mass is 10.1. The molecule has 21 heavy (non-hydrogen) atoms. The second-order valence-electron chi connectivity index (χ2n) is 5.39. The number of hydrogen-bond donors (Lipinski definition) is 0. The van der Waals surface area contributed by atoms with E-state index < -0.39 is 0 Å². The monoisotopic (exact) mass is 323 g/mol. The summed E-state index contributed by atoms with van der Waals surface area (Å²) in [7, 11) is 0.